The summed E-state index contributed by atoms with van der Waals surface area (Å²) in [5.74, 6) is -3.19. The first kappa shape index (κ1) is 35.2. The molecular weight excluding hydrogens is 705 g/mol. The van der Waals surface area contributed by atoms with Gasteiger partial charge in [0.25, 0.3) is 0 Å². The molecule has 9 heteroatoms. The summed E-state index contributed by atoms with van der Waals surface area (Å²) < 4.78 is 10.9. The lowest BCUT2D eigenvalue weighted by Crippen LogP contribution is -2.48. The molecule has 2 heterocycles. The summed E-state index contributed by atoms with van der Waals surface area (Å²) in [5.41, 5.74) is 2.74. The molecule has 3 fully saturated rings. The molecule has 0 spiro atoms. The van der Waals surface area contributed by atoms with Crippen LogP contribution < -0.4 is 19.3 Å². The summed E-state index contributed by atoms with van der Waals surface area (Å²) >= 11 is 0. The maximum atomic E-state index is 14.8. The van der Waals surface area contributed by atoms with Crippen LogP contribution in [0.3, 0.4) is 0 Å². The number of aromatic hydroxyl groups is 1. The maximum Gasteiger partial charge on any atom is 0.241 e. The number of ether oxygens (including phenoxy) is 2. The Kier molecular flexibility index (Phi) is 8.41. The van der Waals surface area contributed by atoms with E-state index >= 15 is 0 Å². The summed E-state index contributed by atoms with van der Waals surface area (Å²) in [7, 11) is 3.22. The van der Waals surface area contributed by atoms with E-state index in [0.717, 1.165) is 22.1 Å². The van der Waals surface area contributed by atoms with Gasteiger partial charge in [0.2, 0.25) is 23.6 Å². The van der Waals surface area contributed by atoms with E-state index in [1.54, 1.807) is 50.6 Å². The zero-order valence-electron chi connectivity index (χ0n) is 31.2. The second-order valence-electron chi connectivity index (χ2n) is 15.3. The highest BCUT2D eigenvalue weighted by Crippen LogP contribution is 2.64. The number of amides is 4. The van der Waals surface area contributed by atoms with E-state index in [1.807, 2.05) is 97.9 Å². The Morgan fingerprint density at radius 3 is 2.21 bits per heavy atom. The lowest BCUT2D eigenvalue weighted by molar-refractivity contribution is -0.131. The van der Waals surface area contributed by atoms with E-state index in [2.05, 4.69) is 0 Å². The number of para-hydroxylation sites is 1. The maximum absolute atomic E-state index is 14.8. The molecule has 9 nitrogen and oxygen atoms in total. The number of methoxy groups -OCH3 is 2. The number of rotatable bonds is 7. The zero-order valence-corrected chi connectivity index (χ0v) is 31.2. The van der Waals surface area contributed by atoms with E-state index < -0.39 is 35.0 Å². The highest BCUT2D eigenvalue weighted by Gasteiger charge is 2.68. The van der Waals surface area contributed by atoms with Gasteiger partial charge in [-0.3, -0.25) is 24.1 Å². The number of phenols is 1. The standard InChI is InChI=1S/C47H40N2O7/c1-47-38(44(52)49(46(47)54)30-10-5-4-6-11-30)26-37-34(41(47)36-21-17-28-9-7-8-12-33(28)42(36)50)22-23-35-40(37)45(53)48(43(35)51)31-18-14-27(15-19-31)13-16-29-25-32(55-2)20-24-39(29)56-3/h4-22,24-25,35,37-38,40-41,50H,23,26H2,1-3H3/t35-,37+,38-,40-,41+,47+/m0/s1. The van der Waals surface area contributed by atoms with Crippen molar-refractivity contribution in [2.24, 2.45) is 29.1 Å². The summed E-state index contributed by atoms with van der Waals surface area (Å²) in [6.45, 7) is 1.83. The van der Waals surface area contributed by atoms with E-state index in [1.165, 1.54) is 9.80 Å². The van der Waals surface area contributed by atoms with Crippen LogP contribution in [0.5, 0.6) is 17.2 Å². The molecule has 0 unspecified atom stereocenters. The van der Waals surface area contributed by atoms with Crippen LogP contribution >= 0.6 is 0 Å². The minimum Gasteiger partial charge on any atom is -0.507 e. The minimum atomic E-state index is -1.26. The number of fused-ring (bicyclic) bond motifs is 5. The minimum absolute atomic E-state index is 0.0459. The number of carbonyl (C=O) groups excluding carboxylic acids is 4. The third kappa shape index (κ3) is 5.21. The van der Waals surface area contributed by atoms with Crippen molar-refractivity contribution < 1.29 is 33.8 Å². The van der Waals surface area contributed by atoms with E-state index in [4.69, 9.17) is 9.47 Å². The number of benzene rings is 5. The molecule has 0 aromatic heterocycles. The van der Waals surface area contributed by atoms with E-state index in [-0.39, 0.29) is 35.8 Å². The molecule has 1 saturated carbocycles. The van der Waals surface area contributed by atoms with Gasteiger partial charge in [0, 0.05) is 22.4 Å². The zero-order chi connectivity index (χ0) is 38.9. The molecule has 2 saturated heterocycles. The van der Waals surface area contributed by atoms with Crippen LogP contribution in [-0.2, 0) is 19.2 Å². The Morgan fingerprint density at radius 1 is 0.732 bits per heavy atom. The number of hydrogen-bond donors (Lipinski definition) is 1. The van der Waals surface area contributed by atoms with Crippen molar-refractivity contribution in [3.8, 4) is 17.2 Å². The van der Waals surface area contributed by atoms with Gasteiger partial charge in [0.05, 0.1) is 48.8 Å². The Balaban J connectivity index is 1.08. The molecule has 4 aliphatic rings. The van der Waals surface area contributed by atoms with Gasteiger partial charge >= 0.3 is 0 Å². The van der Waals surface area contributed by atoms with Crippen molar-refractivity contribution in [3.63, 3.8) is 0 Å². The van der Waals surface area contributed by atoms with Gasteiger partial charge in [-0.05, 0) is 79.1 Å². The molecule has 2 aliphatic heterocycles. The Morgan fingerprint density at radius 2 is 1.46 bits per heavy atom. The van der Waals surface area contributed by atoms with Crippen LogP contribution in [0.25, 0.3) is 22.9 Å². The number of hydrogen-bond acceptors (Lipinski definition) is 7. The first-order chi connectivity index (χ1) is 27.1. The molecule has 6 atom stereocenters. The first-order valence-electron chi connectivity index (χ1n) is 18.9. The van der Waals surface area contributed by atoms with Crippen LogP contribution in [0.1, 0.15) is 42.4 Å². The van der Waals surface area contributed by atoms with Gasteiger partial charge in [-0.2, -0.15) is 0 Å². The van der Waals surface area contributed by atoms with Gasteiger partial charge < -0.3 is 14.6 Å². The SMILES string of the molecule is COc1ccc(OC)c(C=Cc2ccc(N3C(=O)[C@H]4[C@H](CC=C5[C@H]4C[C@H]4C(=O)N(c6ccccc6)C(=O)[C@@]4(C)[C@H]5c4ccc5ccccc5c4O)C3=O)cc2)c1. The Hall–Kier alpha value is -6.48. The summed E-state index contributed by atoms with van der Waals surface area (Å²) in [6.07, 6.45) is 6.37. The molecule has 9 rings (SSSR count). The fraction of sp³-hybridized carbons (Fsp3) is 0.234. The van der Waals surface area contributed by atoms with Crippen molar-refractivity contribution in [1.29, 1.82) is 0 Å². The number of imide groups is 2. The second kappa shape index (κ2) is 13.4. The topological polar surface area (TPSA) is 113 Å². The van der Waals surface area contributed by atoms with Gasteiger partial charge in [-0.15, -0.1) is 0 Å². The van der Waals surface area contributed by atoms with Gasteiger partial charge in [-0.1, -0.05) is 90.5 Å². The second-order valence-corrected chi connectivity index (χ2v) is 15.3. The first-order valence-corrected chi connectivity index (χ1v) is 18.9. The van der Waals surface area contributed by atoms with Gasteiger partial charge in [0.15, 0.2) is 0 Å². The van der Waals surface area contributed by atoms with Crippen LogP contribution in [-0.4, -0.2) is 43.0 Å². The molecule has 5 aromatic rings. The van der Waals surface area contributed by atoms with Crippen molar-refractivity contribution in [2.75, 3.05) is 24.0 Å². The van der Waals surface area contributed by atoms with Crippen LogP contribution in [0.4, 0.5) is 11.4 Å². The molecule has 0 bridgehead atoms. The van der Waals surface area contributed by atoms with Crippen molar-refractivity contribution in [1.82, 2.24) is 0 Å². The van der Waals surface area contributed by atoms with Gasteiger partial charge in [-0.25, -0.2) is 4.90 Å². The lowest BCUT2D eigenvalue weighted by atomic mass is 9.51. The Labute approximate surface area is 324 Å². The monoisotopic (exact) mass is 744 g/mol. The number of phenolic OH excluding ortho intramolecular Hbond substituents is 1. The third-order valence-corrected chi connectivity index (χ3v) is 12.6. The fourth-order valence-corrected chi connectivity index (χ4v) is 9.83. The lowest BCUT2D eigenvalue weighted by Gasteiger charge is -2.49. The van der Waals surface area contributed by atoms with Crippen molar-refractivity contribution in [3.05, 3.63) is 138 Å². The van der Waals surface area contributed by atoms with Crippen LogP contribution in [0, 0.1) is 29.1 Å². The van der Waals surface area contributed by atoms with E-state index in [0.29, 0.717) is 40.2 Å². The quantitative estimate of drug-likeness (QED) is 0.102. The van der Waals surface area contributed by atoms with Crippen LogP contribution in [0.2, 0.25) is 0 Å². The summed E-state index contributed by atoms with van der Waals surface area (Å²) in [6, 6.07) is 33.0. The summed E-state index contributed by atoms with van der Waals surface area (Å²) in [4.78, 5) is 60.7. The molecule has 2 aliphatic carbocycles. The number of carbonyl (C=O) groups is 4. The predicted octanol–water partition coefficient (Wildman–Crippen LogP) is 8.17. The average Bonchev–Trinajstić information content (AvgIpc) is 3.60. The molecule has 280 valence electrons. The molecule has 4 amide bonds. The van der Waals surface area contributed by atoms with E-state index in [9.17, 15) is 24.3 Å². The van der Waals surface area contributed by atoms with Crippen molar-refractivity contribution in [2.45, 2.75) is 25.7 Å². The molecule has 5 aromatic carbocycles. The largest absolute Gasteiger partial charge is 0.507 e. The Bertz CT molecular complexity index is 2510. The molecular formula is C47H40N2O7. The smallest absolute Gasteiger partial charge is 0.241 e. The highest BCUT2D eigenvalue weighted by molar-refractivity contribution is 6.25. The predicted molar refractivity (Wildman–Crippen MR) is 214 cm³/mol. The number of allylic oxidation sites excluding steroid dienone is 2. The third-order valence-electron chi connectivity index (χ3n) is 12.6. The van der Waals surface area contributed by atoms with Crippen LogP contribution in [0.15, 0.2) is 121 Å². The summed E-state index contributed by atoms with van der Waals surface area (Å²) in [5, 5.41) is 13.4. The fourth-order valence-electron chi connectivity index (χ4n) is 9.83. The number of anilines is 2. The molecule has 56 heavy (non-hydrogen) atoms. The van der Waals surface area contributed by atoms with Gasteiger partial charge in [0.1, 0.15) is 17.2 Å². The van der Waals surface area contributed by atoms with Crippen molar-refractivity contribution >= 4 is 57.9 Å². The highest BCUT2D eigenvalue weighted by atomic mass is 16.5. The molecule has 0 radical (unpaired) electrons. The average molecular weight is 745 g/mol. The number of nitrogens with zero attached hydrogens (tertiary/aromatic N) is 2. The normalized spacial score (nSPS) is 25.7. The molecule has 1 N–H and O–H groups in total.